The Hall–Kier alpha value is -0.340. The van der Waals surface area contributed by atoms with Crippen LogP contribution in [0.25, 0.3) is 0 Å². The molecule has 0 rings (SSSR count). The molecule has 0 fully saturated rings. The van der Waals surface area contributed by atoms with Crippen LogP contribution in [0.5, 0.6) is 0 Å². The van der Waals surface area contributed by atoms with Crippen molar-refractivity contribution in [1.29, 1.82) is 0 Å². The highest BCUT2D eigenvalue weighted by molar-refractivity contribution is 5.12. The van der Waals surface area contributed by atoms with Crippen molar-refractivity contribution in [3.8, 4) is 0 Å². The summed E-state index contributed by atoms with van der Waals surface area (Å²) in [5, 5.41) is 0. The highest BCUT2D eigenvalue weighted by Crippen LogP contribution is 2.18. The van der Waals surface area contributed by atoms with Crippen LogP contribution in [-0.2, 0) is 0 Å². The smallest absolute Gasteiger partial charge is 0.0309 e. The first kappa shape index (κ1) is 11.7. The Morgan fingerprint density at radius 1 is 1.42 bits per heavy atom. The van der Waals surface area contributed by atoms with Gasteiger partial charge in [0.25, 0.3) is 0 Å². The number of hydrogen-bond donors (Lipinski definition) is 2. The van der Waals surface area contributed by atoms with E-state index in [2.05, 4.69) is 20.4 Å². The Morgan fingerprint density at radius 2 is 1.83 bits per heavy atom. The summed E-state index contributed by atoms with van der Waals surface area (Å²) in [5.74, 6) is 0.490. The zero-order valence-electron chi connectivity index (χ0n) is 8.72. The summed E-state index contributed by atoms with van der Waals surface area (Å²) < 4.78 is 0. The Labute approximate surface area is 76.0 Å². The number of rotatable bonds is 4. The fraction of sp³-hybridized carbons (Fsp3) is 0.800. The molecule has 12 heavy (non-hydrogen) atoms. The van der Waals surface area contributed by atoms with E-state index in [0.717, 1.165) is 12.0 Å². The Kier molecular flexibility index (Phi) is 3.94. The molecule has 0 aliphatic rings. The van der Waals surface area contributed by atoms with Gasteiger partial charge in [0.15, 0.2) is 0 Å². The molecule has 0 bridgehead atoms. The summed E-state index contributed by atoms with van der Waals surface area (Å²) in [6.07, 6.45) is 0.821. The molecule has 0 aromatic carbocycles. The lowest BCUT2D eigenvalue weighted by atomic mass is 9.88. The van der Waals surface area contributed by atoms with Gasteiger partial charge >= 0.3 is 0 Å². The number of nitrogens with two attached hydrogens (primary N) is 2. The Balaban J connectivity index is 4.02. The van der Waals surface area contributed by atoms with Crippen molar-refractivity contribution in [2.24, 2.45) is 17.4 Å². The molecule has 2 heteroatoms. The normalized spacial score (nSPS) is 14.9. The van der Waals surface area contributed by atoms with Crippen molar-refractivity contribution in [3.05, 3.63) is 12.2 Å². The molecule has 0 amide bonds. The molecule has 1 unspecified atom stereocenters. The van der Waals surface area contributed by atoms with E-state index in [9.17, 15) is 0 Å². The minimum atomic E-state index is -0.299. The molecule has 4 N–H and O–H groups in total. The van der Waals surface area contributed by atoms with E-state index < -0.39 is 0 Å². The van der Waals surface area contributed by atoms with Gasteiger partial charge in [0.1, 0.15) is 0 Å². The SMILES string of the molecule is C=C(CC(N)C(C)C)C(C)(C)N. The van der Waals surface area contributed by atoms with Gasteiger partial charge in [-0.05, 0) is 26.2 Å². The molecule has 1 atom stereocenters. The minimum Gasteiger partial charge on any atom is -0.327 e. The first-order chi connectivity index (χ1) is 5.25. The van der Waals surface area contributed by atoms with E-state index in [-0.39, 0.29) is 11.6 Å². The van der Waals surface area contributed by atoms with Gasteiger partial charge in [-0.25, -0.2) is 0 Å². The molecule has 0 heterocycles. The van der Waals surface area contributed by atoms with Crippen molar-refractivity contribution < 1.29 is 0 Å². The summed E-state index contributed by atoms with van der Waals surface area (Å²) in [6, 6.07) is 0.181. The highest BCUT2D eigenvalue weighted by Gasteiger charge is 2.18. The van der Waals surface area contributed by atoms with Gasteiger partial charge in [-0.2, -0.15) is 0 Å². The molecule has 0 aliphatic heterocycles. The van der Waals surface area contributed by atoms with Crippen LogP contribution in [0.2, 0.25) is 0 Å². The third kappa shape index (κ3) is 3.88. The van der Waals surface area contributed by atoms with Crippen molar-refractivity contribution in [1.82, 2.24) is 0 Å². The van der Waals surface area contributed by atoms with Crippen molar-refractivity contribution in [2.45, 2.75) is 45.7 Å². The van der Waals surface area contributed by atoms with E-state index in [1.807, 2.05) is 13.8 Å². The summed E-state index contributed by atoms with van der Waals surface area (Å²) in [6.45, 7) is 12.1. The average molecular weight is 170 g/mol. The molecular formula is C10H22N2. The number of hydrogen-bond acceptors (Lipinski definition) is 2. The lowest BCUT2D eigenvalue weighted by molar-refractivity contribution is 0.459. The molecule has 0 saturated carbocycles. The van der Waals surface area contributed by atoms with E-state index >= 15 is 0 Å². The second-order valence-corrected chi connectivity index (χ2v) is 4.44. The van der Waals surface area contributed by atoms with Crippen LogP contribution in [0.4, 0.5) is 0 Å². The quantitative estimate of drug-likeness (QED) is 0.630. The van der Waals surface area contributed by atoms with Crippen LogP contribution in [0.1, 0.15) is 34.1 Å². The second kappa shape index (κ2) is 4.06. The van der Waals surface area contributed by atoms with Gasteiger partial charge in [-0.15, -0.1) is 0 Å². The molecule has 72 valence electrons. The lowest BCUT2D eigenvalue weighted by Crippen LogP contribution is -2.38. The van der Waals surface area contributed by atoms with Crippen molar-refractivity contribution in [3.63, 3.8) is 0 Å². The molecule has 0 aliphatic carbocycles. The Morgan fingerprint density at radius 3 is 2.08 bits per heavy atom. The first-order valence-electron chi connectivity index (χ1n) is 4.48. The predicted molar refractivity (Wildman–Crippen MR) is 54.8 cm³/mol. The highest BCUT2D eigenvalue weighted by atomic mass is 14.7. The van der Waals surface area contributed by atoms with Crippen LogP contribution < -0.4 is 11.5 Å². The summed E-state index contributed by atoms with van der Waals surface area (Å²) >= 11 is 0. The largest absolute Gasteiger partial charge is 0.327 e. The van der Waals surface area contributed by atoms with E-state index in [0.29, 0.717) is 5.92 Å². The minimum absolute atomic E-state index is 0.181. The third-order valence-corrected chi connectivity index (χ3v) is 2.25. The average Bonchev–Trinajstić information content (AvgIpc) is 1.85. The monoisotopic (exact) mass is 170 g/mol. The van der Waals surface area contributed by atoms with Crippen LogP contribution in [0, 0.1) is 5.92 Å². The third-order valence-electron chi connectivity index (χ3n) is 2.25. The maximum Gasteiger partial charge on any atom is 0.0309 e. The van der Waals surface area contributed by atoms with Crippen LogP contribution >= 0.6 is 0 Å². The predicted octanol–water partition coefficient (Wildman–Crippen LogP) is 1.65. The Bertz CT molecular complexity index is 154. The van der Waals surface area contributed by atoms with Gasteiger partial charge in [0, 0.05) is 11.6 Å². The summed E-state index contributed by atoms with van der Waals surface area (Å²) in [5.41, 5.74) is 12.5. The lowest BCUT2D eigenvalue weighted by Gasteiger charge is -2.26. The fourth-order valence-electron chi connectivity index (χ4n) is 0.783. The maximum atomic E-state index is 5.90. The molecule has 0 radical (unpaired) electrons. The van der Waals surface area contributed by atoms with Gasteiger partial charge in [-0.3, -0.25) is 0 Å². The molecule has 0 aromatic rings. The topological polar surface area (TPSA) is 52.0 Å². The van der Waals surface area contributed by atoms with E-state index in [4.69, 9.17) is 11.5 Å². The molecule has 0 spiro atoms. The van der Waals surface area contributed by atoms with E-state index in [1.165, 1.54) is 0 Å². The van der Waals surface area contributed by atoms with Gasteiger partial charge in [-0.1, -0.05) is 26.0 Å². The standard InChI is InChI=1S/C10H22N2/c1-7(2)9(11)6-8(3)10(4,5)12/h7,9H,3,6,11-12H2,1-2,4-5H3. The first-order valence-corrected chi connectivity index (χ1v) is 4.48. The molecule has 0 aromatic heterocycles. The van der Waals surface area contributed by atoms with E-state index in [1.54, 1.807) is 0 Å². The van der Waals surface area contributed by atoms with Gasteiger partial charge < -0.3 is 11.5 Å². The molecular weight excluding hydrogens is 148 g/mol. The van der Waals surface area contributed by atoms with Crippen molar-refractivity contribution in [2.75, 3.05) is 0 Å². The second-order valence-electron chi connectivity index (χ2n) is 4.44. The van der Waals surface area contributed by atoms with Crippen LogP contribution in [0.3, 0.4) is 0 Å². The van der Waals surface area contributed by atoms with Crippen LogP contribution in [-0.4, -0.2) is 11.6 Å². The maximum absolute atomic E-state index is 5.90. The zero-order valence-corrected chi connectivity index (χ0v) is 8.72. The summed E-state index contributed by atoms with van der Waals surface area (Å²) in [7, 11) is 0. The van der Waals surface area contributed by atoms with Crippen LogP contribution in [0.15, 0.2) is 12.2 Å². The zero-order chi connectivity index (χ0) is 9.94. The van der Waals surface area contributed by atoms with Gasteiger partial charge in [0.2, 0.25) is 0 Å². The van der Waals surface area contributed by atoms with Crippen molar-refractivity contribution >= 4 is 0 Å². The molecule has 2 nitrogen and oxygen atoms in total. The molecule has 0 saturated heterocycles. The fourth-order valence-corrected chi connectivity index (χ4v) is 0.783. The van der Waals surface area contributed by atoms with Gasteiger partial charge in [0.05, 0.1) is 0 Å². The summed E-state index contributed by atoms with van der Waals surface area (Å²) in [4.78, 5) is 0.